The third-order valence-electron chi connectivity index (χ3n) is 3.46. The van der Waals surface area contributed by atoms with Gasteiger partial charge in [0.1, 0.15) is 5.75 Å². The van der Waals surface area contributed by atoms with E-state index < -0.39 is 6.10 Å². The van der Waals surface area contributed by atoms with E-state index >= 15 is 0 Å². The minimum atomic E-state index is -0.742. The summed E-state index contributed by atoms with van der Waals surface area (Å²) in [5.41, 5.74) is 3.33. The maximum absolute atomic E-state index is 10.4. The predicted molar refractivity (Wildman–Crippen MR) is 85.4 cm³/mol. The number of pyridine rings is 1. The molecule has 0 spiro atoms. The first-order chi connectivity index (χ1) is 9.93. The van der Waals surface area contributed by atoms with Crippen molar-refractivity contribution in [1.82, 2.24) is 4.98 Å². The van der Waals surface area contributed by atoms with E-state index in [1.165, 1.54) is 0 Å². The lowest BCUT2D eigenvalue weighted by Gasteiger charge is -2.16. The normalized spacial score (nSPS) is 12.3. The van der Waals surface area contributed by atoms with Crippen molar-refractivity contribution in [2.45, 2.75) is 26.4 Å². The zero-order valence-electron chi connectivity index (χ0n) is 12.2. The number of hydrogen-bond acceptors (Lipinski definition) is 3. The molecule has 2 rings (SSSR count). The van der Waals surface area contributed by atoms with Crippen LogP contribution in [0.4, 0.5) is 0 Å². The molecular weight excluding hydrogens is 309 g/mol. The average Bonchev–Trinajstić information content (AvgIpc) is 2.42. The molecule has 21 heavy (non-hydrogen) atoms. The van der Waals surface area contributed by atoms with E-state index in [0.717, 1.165) is 22.6 Å². The summed E-state index contributed by atoms with van der Waals surface area (Å²) in [4.78, 5) is 4.39. The number of rotatable bonds is 4. The highest BCUT2D eigenvalue weighted by Gasteiger charge is 2.17. The molecule has 0 aliphatic heterocycles. The minimum absolute atomic E-state index is 0.365. The highest BCUT2D eigenvalue weighted by Crippen LogP contribution is 2.31. The van der Waals surface area contributed by atoms with Crippen molar-refractivity contribution in [3.63, 3.8) is 0 Å². The van der Waals surface area contributed by atoms with Crippen LogP contribution in [0.15, 0.2) is 24.4 Å². The van der Waals surface area contributed by atoms with Crippen LogP contribution in [-0.2, 0) is 6.42 Å². The number of benzene rings is 1. The average molecular weight is 326 g/mol. The minimum Gasteiger partial charge on any atom is -0.496 e. The van der Waals surface area contributed by atoms with Gasteiger partial charge in [-0.1, -0.05) is 29.3 Å². The summed E-state index contributed by atoms with van der Waals surface area (Å²) < 4.78 is 5.38. The maximum atomic E-state index is 10.4. The number of nitrogens with zero attached hydrogens (tertiary/aromatic N) is 1. The summed E-state index contributed by atoms with van der Waals surface area (Å²) in [7, 11) is 1.63. The van der Waals surface area contributed by atoms with Gasteiger partial charge in [-0.25, -0.2) is 0 Å². The Balaban J connectivity index is 2.29. The van der Waals surface area contributed by atoms with Crippen molar-refractivity contribution < 1.29 is 9.84 Å². The van der Waals surface area contributed by atoms with Crippen LogP contribution < -0.4 is 4.74 Å². The Morgan fingerprint density at radius 3 is 2.62 bits per heavy atom. The SMILES string of the molecule is COc1c(C)cnc(CC(O)c2ccc(Cl)cc2Cl)c1C. The standard InChI is InChI=1S/C16H17Cl2NO2/c1-9-8-19-14(10(2)16(9)21-3)7-15(20)12-5-4-11(17)6-13(12)18/h4-6,8,15,20H,7H2,1-3H3. The van der Waals surface area contributed by atoms with Gasteiger partial charge < -0.3 is 9.84 Å². The monoisotopic (exact) mass is 325 g/mol. The Hall–Kier alpha value is -1.29. The fourth-order valence-corrected chi connectivity index (χ4v) is 2.88. The van der Waals surface area contributed by atoms with Gasteiger partial charge in [0.15, 0.2) is 0 Å². The van der Waals surface area contributed by atoms with Crippen LogP contribution in [0.2, 0.25) is 10.0 Å². The number of methoxy groups -OCH3 is 1. The van der Waals surface area contributed by atoms with E-state index in [9.17, 15) is 5.11 Å². The molecule has 0 amide bonds. The van der Waals surface area contributed by atoms with Crippen LogP contribution in [0.25, 0.3) is 0 Å². The molecule has 1 N–H and O–H groups in total. The fourth-order valence-electron chi connectivity index (χ4n) is 2.34. The third kappa shape index (κ3) is 3.49. The number of aryl methyl sites for hydroxylation is 1. The highest BCUT2D eigenvalue weighted by molar-refractivity contribution is 6.35. The van der Waals surface area contributed by atoms with Gasteiger partial charge in [0.05, 0.1) is 13.2 Å². The van der Waals surface area contributed by atoms with Gasteiger partial charge in [-0.15, -0.1) is 0 Å². The van der Waals surface area contributed by atoms with Crippen molar-refractivity contribution in [3.8, 4) is 5.75 Å². The number of ether oxygens (including phenoxy) is 1. The molecular formula is C16H17Cl2NO2. The number of halogens is 2. The molecule has 2 aromatic rings. The zero-order valence-corrected chi connectivity index (χ0v) is 13.7. The molecule has 0 fully saturated rings. The topological polar surface area (TPSA) is 42.4 Å². The second-order valence-corrected chi connectivity index (χ2v) is 5.78. The molecule has 1 aromatic carbocycles. The lowest BCUT2D eigenvalue weighted by atomic mass is 10.0. The van der Waals surface area contributed by atoms with E-state index in [4.69, 9.17) is 27.9 Å². The molecule has 112 valence electrons. The lowest BCUT2D eigenvalue weighted by molar-refractivity contribution is 0.177. The number of aliphatic hydroxyl groups is 1. The van der Waals surface area contributed by atoms with Gasteiger partial charge in [0.25, 0.3) is 0 Å². The Labute approximate surface area is 134 Å². The number of hydrogen-bond donors (Lipinski definition) is 1. The van der Waals surface area contributed by atoms with Crippen LogP contribution in [0.3, 0.4) is 0 Å². The molecule has 0 saturated heterocycles. The van der Waals surface area contributed by atoms with Crippen LogP contribution >= 0.6 is 23.2 Å². The largest absolute Gasteiger partial charge is 0.496 e. The second-order valence-electron chi connectivity index (χ2n) is 4.93. The van der Waals surface area contributed by atoms with Crippen molar-refractivity contribution in [3.05, 3.63) is 56.8 Å². The van der Waals surface area contributed by atoms with Gasteiger partial charge >= 0.3 is 0 Å². The summed E-state index contributed by atoms with van der Waals surface area (Å²) in [6.07, 6.45) is 1.37. The summed E-state index contributed by atoms with van der Waals surface area (Å²) in [6, 6.07) is 5.07. The van der Waals surface area contributed by atoms with Crippen LogP contribution in [0, 0.1) is 13.8 Å². The van der Waals surface area contributed by atoms with E-state index in [2.05, 4.69) is 4.98 Å². The maximum Gasteiger partial charge on any atom is 0.128 e. The van der Waals surface area contributed by atoms with Crippen molar-refractivity contribution in [2.24, 2.45) is 0 Å². The quantitative estimate of drug-likeness (QED) is 0.911. The molecule has 1 atom stereocenters. The molecule has 0 radical (unpaired) electrons. The zero-order chi connectivity index (χ0) is 15.6. The van der Waals surface area contributed by atoms with Crippen LogP contribution in [0.5, 0.6) is 5.75 Å². The molecule has 1 heterocycles. The third-order valence-corrected chi connectivity index (χ3v) is 4.02. The number of aromatic nitrogens is 1. The van der Waals surface area contributed by atoms with Gasteiger partial charge in [0, 0.05) is 39.5 Å². The Morgan fingerprint density at radius 1 is 1.29 bits per heavy atom. The Morgan fingerprint density at radius 2 is 2.00 bits per heavy atom. The second kappa shape index (κ2) is 6.65. The van der Waals surface area contributed by atoms with E-state index in [0.29, 0.717) is 22.0 Å². The summed E-state index contributed by atoms with van der Waals surface area (Å²) in [5.74, 6) is 0.800. The Bertz CT molecular complexity index is 659. The molecule has 0 saturated carbocycles. The lowest BCUT2D eigenvalue weighted by Crippen LogP contribution is -2.07. The molecule has 1 aromatic heterocycles. The van der Waals surface area contributed by atoms with Crippen LogP contribution in [-0.4, -0.2) is 17.2 Å². The first-order valence-electron chi connectivity index (χ1n) is 6.56. The van der Waals surface area contributed by atoms with Crippen molar-refractivity contribution >= 4 is 23.2 Å². The summed E-state index contributed by atoms with van der Waals surface area (Å²) in [5, 5.41) is 11.4. The predicted octanol–water partition coefficient (Wildman–Crippen LogP) is 4.29. The molecule has 0 aliphatic carbocycles. The summed E-state index contributed by atoms with van der Waals surface area (Å²) >= 11 is 12.0. The molecule has 0 bridgehead atoms. The fraction of sp³-hybridized carbons (Fsp3) is 0.312. The Kier molecular flexibility index (Phi) is 5.09. The van der Waals surface area contributed by atoms with E-state index in [1.54, 1.807) is 31.5 Å². The first-order valence-corrected chi connectivity index (χ1v) is 7.31. The van der Waals surface area contributed by atoms with E-state index in [-0.39, 0.29) is 0 Å². The highest BCUT2D eigenvalue weighted by atomic mass is 35.5. The smallest absolute Gasteiger partial charge is 0.128 e. The number of aliphatic hydroxyl groups excluding tert-OH is 1. The molecule has 3 nitrogen and oxygen atoms in total. The van der Waals surface area contributed by atoms with Crippen molar-refractivity contribution in [1.29, 1.82) is 0 Å². The van der Waals surface area contributed by atoms with Gasteiger partial charge in [-0.3, -0.25) is 4.98 Å². The molecule has 1 unspecified atom stereocenters. The molecule has 5 heteroatoms. The van der Waals surface area contributed by atoms with Gasteiger partial charge in [-0.2, -0.15) is 0 Å². The first kappa shape index (κ1) is 16.1. The van der Waals surface area contributed by atoms with E-state index in [1.807, 2.05) is 13.8 Å². The van der Waals surface area contributed by atoms with Crippen molar-refractivity contribution in [2.75, 3.05) is 7.11 Å². The van der Waals surface area contributed by atoms with Gasteiger partial charge in [-0.05, 0) is 31.5 Å². The van der Waals surface area contributed by atoms with Gasteiger partial charge in [0.2, 0.25) is 0 Å². The molecule has 0 aliphatic rings. The summed E-state index contributed by atoms with van der Waals surface area (Å²) in [6.45, 7) is 3.87. The van der Waals surface area contributed by atoms with Crippen LogP contribution in [0.1, 0.15) is 28.5 Å².